The minimum atomic E-state index is -3.87. The van der Waals surface area contributed by atoms with E-state index in [0.29, 0.717) is 11.3 Å². The van der Waals surface area contributed by atoms with E-state index in [4.69, 9.17) is 22.1 Å². The number of sulfonamides is 1. The van der Waals surface area contributed by atoms with Crippen molar-refractivity contribution in [2.75, 3.05) is 11.8 Å². The average Bonchev–Trinajstić information content (AvgIpc) is 2.46. The second-order valence-corrected chi connectivity index (χ2v) is 6.23. The number of rotatable bonds is 5. The van der Waals surface area contributed by atoms with Crippen LogP contribution in [0, 0.1) is 0 Å². The van der Waals surface area contributed by atoms with Crippen molar-refractivity contribution in [3.8, 4) is 5.75 Å². The van der Waals surface area contributed by atoms with Crippen molar-refractivity contribution in [3.05, 3.63) is 47.2 Å². The molecule has 0 spiro atoms. The summed E-state index contributed by atoms with van der Waals surface area (Å²) in [6, 6.07) is 6.10. The first-order valence-corrected chi connectivity index (χ1v) is 7.83. The van der Waals surface area contributed by atoms with Crippen LogP contribution in [0.15, 0.2) is 41.6 Å². The van der Waals surface area contributed by atoms with Crippen molar-refractivity contribution in [1.29, 1.82) is 0 Å². The van der Waals surface area contributed by atoms with E-state index in [1.54, 1.807) is 24.4 Å². The van der Waals surface area contributed by atoms with Gasteiger partial charge in [-0.3, -0.25) is 9.71 Å². The molecule has 21 heavy (non-hydrogen) atoms. The van der Waals surface area contributed by atoms with Crippen LogP contribution in [0.4, 0.5) is 5.69 Å². The highest BCUT2D eigenvalue weighted by Gasteiger charge is 2.23. The van der Waals surface area contributed by atoms with Crippen LogP contribution < -0.4 is 15.2 Å². The topological polar surface area (TPSA) is 94.3 Å². The van der Waals surface area contributed by atoms with Gasteiger partial charge in [0.25, 0.3) is 10.0 Å². The zero-order valence-electron chi connectivity index (χ0n) is 11.2. The van der Waals surface area contributed by atoms with Gasteiger partial charge in [-0.25, -0.2) is 8.42 Å². The molecule has 1 aromatic carbocycles. The van der Waals surface area contributed by atoms with Gasteiger partial charge in [0.05, 0.1) is 19.0 Å². The SMILES string of the molecule is COc1c(CN)cc(Cl)cc1S(=O)(=O)Nc1cccnc1. The Bertz CT molecular complexity index is 736. The number of nitrogens with one attached hydrogen (secondary N) is 1. The lowest BCUT2D eigenvalue weighted by atomic mass is 10.2. The van der Waals surface area contributed by atoms with Crippen LogP contribution in [-0.2, 0) is 16.6 Å². The largest absolute Gasteiger partial charge is 0.495 e. The second kappa shape index (κ2) is 6.30. The van der Waals surface area contributed by atoms with E-state index in [2.05, 4.69) is 9.71 Å². The molecule has 3 N–H and O–H groups in total. The molecule has 0 saturated heterocycles. The van der Waals surface area contributed by atoms with E-state index in [1.807, 2.05) is 0 Å². The summed E-state index contributed by atoms with van der Waals surface area (Å²) in [6.45, 7) is 0.110. The van der Waals surface area contributed by atoms with Gasteiger partial charge in [-0.1, -0.05) is 11.6 Å². The molecular weight excluding hydrogens is 314 g/mol. The first kappa shape index (κ1) is 15.6. The fourth-order valence-electron chi connectivity index (χ4n) is 1.84. The monoisotopic (exact) mass is 327 g/mol. The highest BCUT2D eigenvalue weighted by molar-refractivity contribution is 7.92. The van der Waals surface area contributed by atoms with Gasteiger partial charge >= 0.3 is 0 Å². The van der Waals surface area contributed by atoms with Gasteiger partial charge < -0.3 is 10.5 Å². The Morgan fingerprint density at radius 3 is 2.76 bits per heavy atom. The minimum Gasteiger partial charge on any atom is -0.495 e. The van der Waals surface area contributed by atoms with E-state index in [0.717, 1.165) is 0 Å². The van der Waals surface area contributed by atoms with Crippen molar-refractivity contribution in [3.63, 3.8) is 0 Å². The lowest BCUT2D eigenvalue weighted by Crippen LogP contribution is -2.15. The fraction of sp³-hybridized carbons (Fsp3) is 0.154. The summed E-state index contributed by atoms with van der Waals surface area (Å²) < 4.78 is 32.6. The van der Waals surface area contributed by atoms with E-state index in [9.17, 15) is 8.42 Å². The van der Waals surface area contributed by atoms with Gasteiger partial charge in [0.1, 0.15) is 10.6 Å². The molecule has 0 amide bonds. The van der Waals surface area contributed by atoms with E-state index < -0.39 is 10.0 Å². The third kappa shape index (κ3) is 3.44. The molecule has 0 aliphatic rings. The Kier molecular flexibility index (Phi) is 4.66. The molecular formula is C13H14ClN3O3S. The average molecular weight is 328 g/mol. The zero-order valence-corrected chi connectivity index (χ0v) is 12.8. The molecule has 2 rings (SSSR count). The Labute approximate surface area is 128 Å². The number of ether oxygens (including phenoxy) is 1. The molecule has 0 atom stereocenters. The van der Waals surface area contributed by atoms with Gasteiger partial charge in [0.2, 0.25) is 0 Å². The Balaban J connectivity index is 2.51. The van der Waals surface area contributed by atoms with Gasteiger partial charge in [-0.15, -0.1) is 0 Å². The van der Waals surface area contributed by atoms with Crippen molar-refractivity contribution in [2.45, 2.75) is 11.4 Å². The molecule has 1 aromatic heterocycles. The minimum absolute atomic E-state index is 0.0678. The summed E-state index contributed by atoms with van der Waals surface area (Å²) >= 11 is 5.95. The summed E-state index contributed by atoms with van der Waals surface area (Å²) in [7, 11) is -2.49. The first-order valence-electron chi connectivity index (χ1n) is 5.97. The van der Waals surface area contributed by atoms with Crippen LogP contribution in [-0.4, -0.2) is 20.5 Å². The van der Waals surface area contributed by atoms with E-state index in [-0.39, 0.29) is 22.2 Å². The lowest BCUT2D eigenvalue weighted by molar-refractivity contribution is 0.398. The third-order valence-corrected chi connectivity index (χ3v) is 4.33. The summed E-state index contributed by atoms with van der Waals surface area (Å²) in [5.41, 5.74) is 6.45. The van der Waals surface area contributed by atoms with Gasteiger partial charge in [0, 0.05) is 23.3 Å². The molecule has 0 aliphatic carbocycles. The molecule has 0 unspecified atom stereocenters. The number of methoxy groups -OCH3 is 1. The first-order chi connectivity index (χ1) is 9.97. The van der Waals surface area contributed by atoms with Crippen LogP contribution in [0.1, 0.15) is 5.56 Å². The highest BCUT2D eigenvalue weighted by Crippen LogP contribution is 2.32. The maximum atomic E-state index is 12.5. The number of hydrogen-bond acceptors (Lipinski definition) is 5. The number of benzene rings is 1. The fourth-order valence-corrected chi connectivity index (χ4v) is 3.43. The van der Waals surface area contributed by atoms with Crippen molar-refractivity contribution in [1.82, 2.24) is 4.98 Å². The van der Waals surface area contributed by atoms with Crippen molar-refractivity contribution in [2.24, 2.45) is 5.73 Å². The lowest BCUT2D eigenvalue weighted by Gasteiger charge is -2.14. The molecule has 8 heteroatoms. The molecule has 112 valence electrons. The van der Waals surface area contributed by atoms with Crippen molar-refractivity contribution < 1.29 is 13.2 Å². The predicted molar refractivity (Wildman–Crippen MR) is 80.9 cm³/mol. The number of aromatic nitrogens is 1. The third-order valence-electron chi connectivity index (χ3n) is 2.72. The summed E-state index contributed by atoms with van der Waals surface area (Å²) in [4.78, 5) is 3.78. The Morgan fingerprint density at radius 1 is 1.43 bits per heavy atom. The Hall–Kier alpha value is -1.83. The standard InChI is InChI=1S/C13H14ClN3O3S/c1-20-13-9(7-15)5-10(14)6-12(13)21(18,19)17-11-3-2-4-16-8-11/h2-6,8,17H,7,15H2,1H3. The number of nitrogens with zero attached hydrogens (tertiary/aromatic N) is 1. The van der Waals surface area contributed by atoms with E-state index >= 15 is 0 Å². The number of pyridine rings is 1. The quantitative estimate of drug-likeness (QED) is 0.876. The van der Waals surface area contributed by atoms with Crippen molar-refractivity contribution >= 4 is 27.3 Å². The van der Waals surface area contributed by atoms with Crippen LogP contribution >= 0.6 is 11.6 Å². The number of halogens is 1. The molecule has 0 radical (unpaired) electrons. The van der Waals surface area contributed by atoms with Crippen LogP contribution in [0.3, 0.4) is 0 Å². The molecule has 0 saturated carbocycles. The van der Waals surface area contributed by atoms with Crippen LogP contribution in [0.2, 0.25) is 5.02 Å². The molecule has 6 nitrogen and oxygen atoms in total. The predicted octanol–water partition coefficient (Wildman–Crippen LogP) is 2.00. The van der Waals surface area contributed by atoms with Crippen LogP contribution in [0.25, 0.3) is 0 Å². The molecule has 0 fully saturated rings. The molecule has 0 bridgehead atoms. The highest BCUT2D eigenvalue weighted by atomic mass is 35.5. The summed E-state index contributed by atoms with van der Waals surface area (Å²) in [5, 5.41) is 0.266. The summed E-state index contributed by atoms with van der Waals surface area (Å²) in [6.07, 6.45) is 2.95. The maximum absolute atomic E-state index is 12.5. The van der Waals surface area contributed by atoms with E-state index in [1.165, 1.54) is 19.4 Å². The Morgan fingerprint density at radius 2 is 2.19 bits per heavy atom. The second-order valence-electron chi connectivity index (χ2n) is 4.15. The smallest absolute Gasteiger partial charge is 0.265 e. The molecule has 1 heterocycles. The van der Waals surface area contributed by atoms with Crippen LogP contribution in [0.5, 0.6) is 5.75 Å². The number of anilines is 1. The number of hydrogen-bond donors (Lipinski definition) is 2. The maximum Gasteiger partial charge on any atom is 0.265 e. The van der Waals surface area contributed by atoms with Gasteiger partial charge in [-0.05, 0) is 24.3 Å². The number of nitrogens with two attached hydrogens (primary N) is 1. The molecule has 2 aromatic rings. The van der Waals surface area contributed by atoms with Gasteiger partial charge in [0.15, 0.2) is 0 Å². The summed E-state index contributed by atoms with van der Waals surface area (Å²) in [5.74, 6) is 0.179. The molecule has 0 aliphatic heterocycles. The van der Waals surface area contributed by atoms with Gasteiger partial charge in [-0.2, -0.15) is 0 Å². The normalized spacial score (nSPS) is 11.2. The zero-order chi connectivity index (χ0) is 15.5.